The van der Waals surface area contributed by atoms with Crippen molar-refractivity contribution in [2.45, 2.75) is 130 Å². The zero-order valence-corrected chi connectivity index (χ0v) is 37.8. The van der Waals surface area contributed by atoms with Gasteiger partial charge in [-0.15, -0.1) is 0 Å². The highest BCUT2D eigenvalue weighted by atomic mass is 16.5. The summed E-state index contributed by atoms with van der Waals surface area (Å²) in [6.07, 6.45) is 0.996. The lowest BCUT2D eigenvalue weighted by Crippen LogP contribution is -2.59. The highest BCUT2D eigenvalue weighted by molar-refractivity contribution is 5.91. The predicted molar refractivity (Wildman–Crippen MR) is 235 cm³/mol. The van der Waals surface area contributed by atoms with Crippen molar-refractivity contribution in [2.24, 2.45) is 23.7 Å². The van der Waals surface area contributed by atoms with Crippen molar-refractivity contribution < 1.29 is 33.4 Å². The van der Waals surface area contributed by atoms with Gasteiger partial charge < -0.3 is 41.4 Å². The Balaban J connectivity index is 1.76. The molecular weight excluding hydrogens is 763 g/mol. The van der Waals surface area contributed by atoms with E-state index in [4.69, 9.17) is 15.2 Å². The number of anilines is 1. The average Bonchev–Trinajstić information content (AvgIpc) is 3.70. The molecule has 9 atom stereocenters. The van der Waals surface area contributed by atoms with Gasteiger partial charge in [0.25, 0.3) is 0 Å². The smallest absolute Gasteiger partial charge is 0.243 e. The number of ether oxygens (including phenoxy) is 2. The highest BCUT2D eigenvalue weighted by Gasteiger charge is 2.42. The summed E-state index contributed by atoms with van der Waals surface area (Å²) in [6, 6.07) is 13.7. The molecule has 1 unspecified atom stereocenters. The van der Waals surface area contributed by atoms with Gasteiger partial charge in [0.15, 0.2) is 0 Å². The van der Waals surface area contributed by atoms with Crippen molar-refractivity contribution in [1.29, 1.82) is 0 Å². The first-order valence-corrected chi connectivity index (χ1v) is 21.5. The van der Waals surface area contributed by atoms with Gasteiger partial charge in [-0.3, -0.25) is 28.9 Å². The number of likely N-dealkylation sites (N-methyl/N-ethyl adjacent to an activating group) is 1. The normalized spacial score (nSPS) is 18.2. The maximum atomic E-state index is 14.3. The quantitative estimate of drug-likeness (QED) is 0.104. The molecule has 0 spiro atoms. The van der Waals surface area contributed by atoms with Crippen molar-refractivity contribution in [1.82, 2.24) is 31.1 Å². The number of hydrogen-bond donors (Lipinski definition) is 5. The molecule has 14 nitrogen and oxygen atoms in total. The molecule has 60 heavy (non-hydrogen) atoms. The minimum absolute atomic E-state index is 0.0125. The number of carbonyl (C=O) groups is 5. The fourth-order valence-corrected chi connectivity index (χ4v) is 8.26. The molecule has 334 valence electrons. The second-order valence-corrected chi connectivity index (χ2v) is 17.3. The lowest BCUT2D eigenvalue weighted by atomic mass is 9.90. The zero-order valence-electron chi connectivity index (χ0n) is 37.8. The van der Waals surface area contributed by atoms with Crippen molar-refractivity contribution in [3.05, 3.63) is 65.7 Å². The molecule has 0 aromatic heterocycles. The molecule has 1 aliphatic rings. The Kier molecular flexibility index (Phi) is 20.0. The first-order valence-electron chi connectivity index (χ1n) is 21.5. The Morgan fingerprint density at radius 2 is 1.45 bits per heavy atom. The Morgan fingerprint density at radius 1 is 0.800 bits per heavy atom. The lowest BCUT2D eigenvalue weighted by molar-refractivity contribution is -0.143. The van der Waals surface area contributed by atoms with Crippen molar-refractivity contribution >= 4 is 35.2 Å². The van der Waals surface area contributed by atoms with E-state index in [9.17, 15) is 24.0 Å². The molecule has 2 aromatic carbocycles. The molecule has 5 amide bonds. The molecule has 0 radical (unpaired) electrons. The third-order valence-corrected chi connectivity index (χ3v) is 11.9. The zero-order chi connectivity index (χ0) is 44.7. The molecule has 14 heteroatoms. The van der Waals surface area contributed by atoms with Gasteiger partial charge in [0, 0.05) is 39.4 Å². The van der Waals surface area contributed by atoms with Crippen LogP contribution in [0, 0.1) is 23.7 Å². The van der Waals surface area contributed by atoms with Gasteiger partial charge >= 0.3 is 0 Å². The van der Waals surface area contributed by atoms with Crippen LogP contribution in [0.3, 0.4) is 0 Å². The van der Waals surface area contributed by atoms with E-state index in [0.29, 0.717) is 25.1 Å². The van der Waals surface area contributed by atoms with Crippen LogP contribution in [0.5, 0.6) is 0 Å². The van der Waals surface area contributed by atoms with E-state index >= 15 is 0 Å². The van der Waals surface area contributed by atoms with Gasteiger partial charge in [0.05, 0.1) is 42.7 Å². The molecule has 6 N–H and O–H groups in total. The summed E-state index contributed by atoms with van der Waals surface area (Å²) in [6.45, 7) is 14.3. The number of likely N-dealkylation sites (tertiary alicyclic amines) is 1. The predicted octanol–water partition coefficient (Wildman–Crippen LogP) is 3.92. The molecule has 1 aliphatic heterocycles. The number of nitrogens with zero attached hydrogens (tertiary/aromatic N) is 2. The van der Waals surface area contributed by atoms with Crippen LogP contribution >= 0.6 is 0 Å². The summed E-state index contributed by atoms with van der Waals surface area (Å²) < 4.78 is 12.0. The first-order chi connectivity index (χ1) is 28.4. The number of rotatable bonds is 23. The maximum absolute atomic E-state index is 14.3. The van der Waals surface area contributed by atoms with Gasteiger partial charge in [-0.2, -0.15) is 0 Å². The van der Waals surface area contributed by atoms with Crippen LogP contribution in [-0.4, -0.2) is 117 Å². The van der Waals surface area contributed by atoms with Crippen LogP contribution in [0.4, 0.5) is 5.69 Å². The largest absolute Gasteiger partial charge is 0.399 e. The van der Waals surface area contributed by atoms with E-state index in [1.807, 2.05) is 103 Å². The molecule has 3 rings (SSSR count). The van der Waals surface area contributed by atoms with E-state index < -0.39 is 48.3 Å². The molecule has 1 fully saturated rings. The number of hydrogen-bond acceptors (Lipinski definition) is 9. The number of benzene rings is 2. The second-order valence-electron chi connectivity index (χ2n) is 17.3. The standard InChI is InChI=1S/C46H73N7O7/c1-12-30(6)40(51-45(57)39(28(2)3)50-46(58)41(29(4)5)52(8)9)37(59-10)26-38(54)53-24-16-19-36(53)42(60-11)31(7)43(55)49-35(25-32-17-14-13-15-18-32)44(56)48-27-33-20-22-34(47)23-21-33/h13-15,17-18,20-23,28-31,35-37,39-42H,12,16,19,24-27,47H2,1-11H3,(H,48,56)(H,49,55)(H,50,58)(H,51,57)/t30-,31+,35?,36-,37+,39-,40-,41-,42+/m0/s1. The summed E-state index contributed by atoms with van der Waals surface area (Å²) in [7, 11) is 6.76. The molecule has 2 aromatic rings. The topological polar surface area (TPSA) is 184 Å². The first kappa shape index (κ1) is 49.8. The third-order valence-electron chi connectivity index (χ3n) is 11.9. The molecule has 1 heterocycles. The summed E-state index contributed by atoms with van der Waals surface area (Å²) >= 11 is 0. The van der Waals surface area contributed by atoms with E-state index in [1.165, 1.54) is 14.2 Å². The Hall–Kier alpha value is -4.53. The van der Waals surface area contributed by atoms with Crippen LogP contribution in [0.2, 0.25) is 0 Å². The SMILES string of the molecule is CC[C@H](C)[C@H](NC(=O)[C@@H](NC(=O)[C@H](C(C)C)N(C)C)C(C)C)[C@@H](CC(=O)N1CCC[C@H]1[C@H](OC)[C@@H](C)C(=O)NC(Cc1ccccc1)C(=O)NCc1ccc(N)cc1)OC. The number of amides is 5. The molecule has 0 saturated carbocycles. The van der Waals surface area contributed by atoms with Gasteiger partial charge in [0.1, 0.15) is 12.1 Å². The van der Waals surface area contributed by atoms with E-state index in [1.54, 1.807) is 24.0 Å². The number of carbonyl (C=O) groups excluding carboxylic acids is 5. The number of nitrogens with one attached hydrogen (secondary N) is 4. The fourth-order valence-electron chi connectivity index (χ4n) is 8.26. The maximum Gasteiger partial charge on any atom is 0.243 e. The van der Waals surface area contributed by atoms with Crippen LogP contribution in [0.1, 0.15) is 85.3 Å². The van der Waals surface area contributed by atoms with Crippen LogP contribution < -0.4 is 27.0 Å². The number of methoxy groups -OCH3 is 2. The molecule has 0 aliphatic carbocycles. The number of nitrogens with two attached hydrogens (primary N) is 1. The van der Waals surface area contributed by atoms with Crippen LogP contribution in [-0.2, 0) is 46.4 Å². The molecular formula is C46H73N7O7. The van der Waals surface area contributed by atoms with Gasteiger partial charge in [-0.1, -0.05) is 97.4 Å². The average molecular weight is 836 g/mol. The van der Waals surface area contributed by atoms with Crippen molar-refractivity contribution in [3.8, 4) is 0 Å². The van der Waals surface area contributed by atoms with Crippen LogP contribution in [0.15, 0.2) is 54.6 Å². The number of nitrogen functional groups attached to an aromatic ring is 1. The van der Waals surface area contributed by atoms with Gasteiger partial charge in [-0.25, -0.2) is 0 Å². The summed E-state index contributed by atoms with van der Waals surface area (Å²) in [5, 5.41) is 12.1. The molecule has 0 bridgehead atoms. The van der Waals surface area contributed by atoms with Gasteiger partial charge in [-0.05, 0) is 68.0 Å². The lowest BCUT2D eigenvalue weighted by Gasteiger charge is -2.37. The fraction of sp³-hybridized carbons (Fsp3) is 0.630. The van der Waals surface area contributed by atoms with Gasteiger partial charge in [0.2, 0.25) is 29.5 Å². The summed E-state index contributed by atoms with van der Waals surface area (Å²) in [5.74, 6) is -2.35. The van der Waals surface area contributed by atoms with E-state index in [0.717, 1.165) is 17.5 Å². The highest BCUT2D eigenvalue weighted by Crippen LogP contribution is 2.29. The Labute approximate surface area is 358 Å². The van der Waals surface area contributed by atoms with Crippen molar-refractivity contribution in [3.63, 3.8) is 0 Å². The van der Waals surface area contributed by atoms with Crippen molar-refractivity contribution in [2.75, 3.05) is 40.6 Å². The Morgan fingerprint density at radius 3 is 2.00 bits per heavy atom. The minimum atomic E-state index is -0.863. The molecule has 1 saturated heterocycles. The van der Waals surface area contributed by atoms with E-state index in [-0.39, 0.29) is 66.7 Å². The Bertz CT molecular complexity index is 1660. The van der Waals surface area contributed by atoms with Crippen LogP contribution in [0.25, 0.3) is 0 Å². The summed E-state index contributed by atoms with van der Waals surface area (Å²) in [5.41, 5.74) is 8.22. The minimum Gasteiger partial charge on any atom is -0.399 e. The second kappa shape index (κ2) is 24.0. The van der Waals surface area contributed by atoms with E-state index in [2.05, 4.69) is 21.3 Å². The summed E-state index contributed by atoms with van der Waals surface area (Å²) in [4.78, 5) is 72.8. The third kappa shape index (κ3) is 14.0. The monoisotopic (exact) mass is 836 g/mol.